The van der Waals surface area contributed by atoms with Gasteiger partial charge >= 0.3 is 6.61 Å². The van der Waals surface area contributed by atoms with Gasteiger partial charge in [-0.25, -0.2) is 0 Å². The Morgan fingerprint density at radius 3 is 2.56 bits per heavy atom. The minimum atomic E-state index is -2.82. The van der Waals surface area contributed by atoms with E-state index in [4.69, 9.17) is 17.0 Å². The number of alkyl halides is 2. The average Bonchev–Trinajstić information content (AvgIpc) is 2.31. The van der Waals surface area contributed by atoms with Crippen molar-refractivity contribution in [3.63, 3.8) is 0 Å². The monoisotopic (exact) mass is 276 g/mol. The molecule has 0 amide bonds. The standard InChI is InChI=1S/C11H14F2N2O2S/c1-16-7-6-14-11(18)15-8-2-4-9(5-3-8)17-10(12)13/h2-5,10H,6-7H2,1H3,(H2,14,15,18). The molecule has 0 atom stereocenters. The zero-order valence-corrected chi connectivity index (χ0v) is 10.6. The van der Waals surface area contributed by atoms with E-state index in [0.717, 1.165) is 0 Å². The predicted molar refractivity (Wildman–Crippen MR) is 69.2 cm³/mol. The highest BCUT2D eigenvalue weighted by Gasteiger charge is 2.04. The summed E-state index contributed by atoms with van der Waals surface area (Å²) in [5.41, 5.74) is 0.687. The number of nitrogens with one attached hydrogen (secondary N) is 2. The Kier molecular flexibility index (Phi) is 6.31. The molecule has 0 fully saturated rings. The van der Waals surface area contributed by atoms with Crippen molar-refractivity contribution in [2.24, 2.45) is 0 Å². The van der Waals surface area contributed by atoms with Gasteiger partial charge in [-0.3, -0.25) is 0 Å². The van der Waals surface area contributed by atoms with Gasteiger partial charge in [0.15, 0.2) is 5.11 Å². The van der Waals surface area contributed by atoms with Crippen LogP contribution in [0.25, 0.3) is 0 Å². The van der Waals surface area contributed by atoms with Crippen LogP contribution in [-0.4, -0.2) is 32.0 Å². The van der Waals surface area contributed by atoms with E-state index < -0.39 is 6.61 Å². The Bertz CT molecular complexity index is 374. The van der Waals surface area contributed by atoms with Crippen LogP contribution in [0.2, 0.25) is 0 Å². The molecule has 0 heterocycles. The second kappa shape index (κ2) is 7.78. The Labute approximate surface area is 109 Å². The summed E-state index contributed by atoms with van der Waals surface area (Å²) in [6, 6.07) is 6.07. The minimum Gasteiger partial charge on any atom is -0.435 e. The van der Waals surface area contributed by atoms with Crippen LogP contribution in [-0.2, 0) is 4.74 Å². The largest absolute Gasteiger partial charge is 0.435 e. The second-order valence-electron chi connectivity index (χ2n) is 3.28. The predicted octanol–water partition coefficient (Wildman–Crippen LogP) is 2.22. The average molecular weight is 276 g/mol. The molecule has 0 bridgehead atoms. The minimum absolute atomic E-state index is 0.105. The molecule has 1 rings (SSSR count). The molecule has 0 aliphatic heterocycles. The van der Waals surface area contributed by atoms with Crippen LogP contribution in [0.3, 0.4) is 0 Å². The van der Waals surface area contributed by atoms with Gasteiger partial charge in [0.1, 0.15) is 5.75 Å². The van der Waals surface area contributed by atoms with Crippen LogP contribution in [0, 0.1) is 0 Å². The lowest BCUT2D eigenvalue weighted by Gasteiger charge is -2.10. The maximum atomic E-state index is 11.9. The topological polar surface area (TPSA) is 42.5 Å². The van der Waals surface area contributed by atoms with Gasteiger partial charge in [0.05, 0.1) is 6.61 Å². The maximum absolute atomic E-state index is 11.9. The first-order valence-corrected chi connectivity index (χ1v) is 5.61. The van der Waals surface area contributed by atoms with Crippen LogP contribution in [0.1, 0.15) is 0 Å². The number of halogens is 2. The molecule has 1 aromatic carbocycles. The highest BCUT2D eigenvalue weighted by molar-refractivity contribution is 7.80. The first-order valence-electron chi connectivity index (χ1n) is 5.20. The van der Waals surface area contributed by atoms with Gasteiger partial charge in [0.25, 0.3) is 0 Å². The third kappa shape index (κ3) is 5.74. The van der Waals surface area contributed by atoms with Crippen molar-refractivity contribution in [2.75, 3.05) is 25.6 Å². The van der Waals surface area contributed by atoms with Gasteiger partial charge in [-0.05, 0) is 36.5 Å². The number of rotatable bonds is 6. The number of anilines is 1. The van der Waals surface area contributed by atoms with Crippen LogP contribution >= 0.6 is 12.2 Å². The number of hydrogen-bond acceptors (Lipinski definition) is 3. The van der Waals surface area contributed by atoms with E-state index in [1.807, 2.05) is 0 Å². The smallest absolute Gasteiger partial charge is 0.387 e. The molecule has 4 nitrogen and oxygen atoms in total. The zero-order chi connectivity index (χ0) is 13.4. The molecule has 0 aliphatic carbocycles. The van der Waals surface area contributed by atoms with E-state index in [9.17, 15) is 8.78 Å². The normalized spacial score (nSPS) is 10.2. The number of ether oxygens (including phenoxy) is 2. The van der Waals surface area contributed by atoms with Crippen molar-refractivity contribution < 1.29 is 18.3 Å². The van der Waals surface area contributed by atoms with Crippen molar-refractivity contribution >= 4 is 23.0 Å². The summed E-state index contributed by atoms with van der Waals surface area (Å²) >= 11 is 5.02. The second-order valence-corrected chi connectivity index (χ2v) is 3.68. The molecule has 1 aromatic rings. The molecule has 0 spiro atoms. The van der Waals surface area contributed by atoms with Gasteiger partial charge in [-0.2, -0.15) is 8.78 Å². The van der Waals surface area contributed by atoms with E-state index in [2.05, 4.69) is 15.4 Å². The van der Waals surface area contributed by atoms with Gasteiger partial charge in [0.2, 0.25) is 0 Å². The first-order chi connectivity index (χ1) is 8.61. The Morgan fingerprint density at radius 1 is 1.33 bits per heavy atom. The number of benzene rings is 1. The zero-order valence-electron chi connectivity index (χ0n) is 9.78. The molecule has 0 saturated heterocycles. The lowest BCUT2D eigenvalue weighted by molar-refractivity contribution is -0.0498. The van der Waals surface area contributed by atoms with E-state index in [0.29, 0.717) is 24.0 Å². The van der Waals surface area contributed by atoms with Gasteiger partial charge < -0.3 is 20.1 Å². The maximum Gasteiger partial charge on any atom is 0.387 e. The Morgan fingerprint density at radius 2 is 2.00 bits per heavy atom. The molecule has 0 radical (unpaired) electrons. The summed E-state index contributed by atoms with van der Waals surface area (Å²) in [4.78, 5) is 0. The van der Waals surface area contributed by atoms with E-state index >= 15 is 0 Å². The van der Waals surface area contributed by atoms with Gasteiger partial charge in [-0.15, -0.1) is 0 Å². The number of thiocarbonyl (C=S) groups is 1. The quantitative estimate of drug-likeness (QED) is 0.616. The lowest BCUT2D eigenvalue weighted by Crippen LogP contribution is -2.31. The van der Waals surface area contributed by atoms with Crippen molar-refractivity contribution in [3.05, 3.63) is 24.3 Å². The first kappa shape index (κ1) is 14.6. The molecule has 0 unspecified atom stereocenters. The van der Waals surface area contributed by atoms with Crippen molar-refractivity contribution in [3.8, 4) is 5.75 Å². The highest BCUT2D eigenvalue weighted by atomic mass is 32.1. The van der Waals surface area contributed by atoms with Gasteiger partial charge in [-0.1, -0.05) is 0 Å². The third-order valence-electron chi connectivity index (χ3n) is 1.93. The summed E-state index contributed by atoms with van der Waals surface area (Å²) < 4.78 is 32.9. The Hall–Kier alpha value is -1.47. The number of hydrogen-bond donors (Lipinski definition) is 2. The van der Waals surface area contributed by atoms with Crippen LogP contribution in [0.4, 0.5) is 14.5 Å². The highest BCUT2D eigenvalue weighted by Crippen LogP contribution is 2.17. The Balaban J connectivity index is 2.40. The van der Waals surface area contributed by atoms with E-state index in [1.165, 1.54) is 12.1 Å². The number of methoxy groups -OCH3 is 1. The fourth-order valence-electron chi connectivity index (χ4n) is 1.16. The summed E-state index contributed by atoms with van der Waals surface area (Å²) in [6.07, 6.45) is 0. The molecule has 0 saturated carbocycles. The molecular formula is C11H14F2N2O2S. The fourth-order valence-corrected chi connectivity index (χ4v) is 1.38. The lowest BCUT2D eigenvalue weighted by atomic mass is 10.3. The third-order valence-corrected chi connectivity index (χ3v) is 2.18. The molecule has 100 valence electrons. The van der Waals surface area contributed by atoms with Crippen LogP contribution in [0.5, 0.6) is 5.75 Å². The molecule has 18 heavy (non-hydrogen) atoms. The van der Waals surface area contributed by atoms with Crippen LogP contribution in [0.15, 0.2) is 24.3 Å². The van der Waals surface area contributed by atoms with Crippen molar-refractivity contribution in [2.45, 2.75) is 6.61 Å². The summed E-state index contributed by atoms with van der Waals surface area (Å²) in [5, 5.41) is 6.27. The molecular weight excluding hydrogens is 262 g/mol. The SMILES string of the molecule is COCCNC(=S)Nc1ccc(OC(F)F)cc1. The molecule has 0 aliphatic rings. The van der Waals surface area contributed by atoms with Gasteiger partial charge in [0, 0.05) is 19.3 Å². The van der Waals surface area contributed by atoms with Crippen LogP contribution < -0.4 is 15.4 Å². The molecule has 0 aromatic heterocycles. The van der Waals surface area contributed by atoms with E-state index in [-0.39, 0.29) is 5.75 Å². The molecule has 7 heteroatoms. The molecule has 2 N–H and O–H groups in total. The van der Waals surface area contributed by atoms with Crippen molar-refractivity contribution in [1.82, 2.24) is 5.32 Å². The summed E-state index contributed by atoms with van der Waals surface area (Å²) in [5.74, 6) is 0.105. The fraction of sp³-hybridized carbons (Fsp3) is 0.364. The summed E-state index contributed by atoms with van der Waals surface area (Å²) in [6.45, 7) is -1.68. The van der Waals surface area contributed by atoms with E-state index in [1.54, 1.807) is 19.2 Å². The van der Waals surface area contributed by atoms with Crippen molar-refractivity contribution in [1.29, 1.82) is 0 Å². The summed E-state index contributed by atoms with van der Waals surface area (Å²) in [7, 11) is 1.60.